The molecule has 1 N–H and O–H groups in total. The second-order valence-corrected chi connectivity index (χ2v) is 6.05. The summed E-state index contributed by atoms with van der Waals surface area (Å²) in [5, 5.41) is 0. The minimum absolute atomic E-state index is 0.0324. The predicted octanol–water partition coefficient (Wildman–Crippen LogP) is -0.507. The fraction of sp³-hybridized carbons (Fsp3) is 0.900. The van der Waals surface area contributed by atoms with Gasteiger partial charge in [-0.25, -0.2) is 0 Å². The molecule has 1 fully saturated rings. The molecule has 0 amide bonds. The van der Waals surface area contributed by atoms with E-state index < -0.39 is 16.2 Å². The van der Waals surface area contributed by atoms with Gasteiger partial charge >= 0.3 is 5.97 Å². The van der Waals surface area contributed by atoms with Crippen molar-refractivity contribution >= 4 is 16.2 Å². The Hall–Kier alpha value is -0.700. The van der Waals surface area contributed by atoms with Crippen molar-refractivity contribution in [1.29, 1.82) is 0 Å². The molecule has 1 rings (SSSR count). The molecule has 1 aliphatic heterocycles. The Morgan fingerprint density at radius 3 is 2.72 bits per heavy atom. The lowest BCUT2D eigenvalue weighted by Gasteiger charge is -2.21. The molecule has 0 spiro atoms. The van der Waals surface area contributed by atoms with Crippen molar-refractivity contribution in [3.8, 4) is 0 Å². The average molecular weight is 280 g/mol. The van der Waals surface area contributed by atoms with Gasteiger partial charge in [0.05, 0.1) is 25.7 Å². The Morgan fingerprint density at radius 2 is 2.22 bits per heavy atom. The quantitative estimate of drug-likeness (QED) is 0.663. The van der Waals surface area contributed by atoms with Gasteiger partial charge < -0.3 is 9.47 Å². The second kappa shape index (κ2) is 6.46. The fourth-order valence-electron chi connectivity index (χ4n) is 1.64. The van der Waals surface area contributed by atoms with Crippen LogP contribution in [0.3, 0.4) is 0 Å². The van der Waals surface area contributed by atoms with E-state index in [-0.39, 0.29) is 25.1 Å². The van der Waals surface area contributed by atoms with Crippen LogP contribution in [0.1, 0.15) is 19.8 Å². The van der Waals surface area contributed by atoms with Gasteiger partial charge in [-0.2, -0.15) is 17.4 Å². The van der Waals surface area contributed by atoms with Gasteiger partial charge in [-0.1, -0.05) is 0 Å². The van der Waals surface area contributed by atoms with Crippen LogP contribution in [0.15, 0.2) is 0 Å². The van der Waals surface area contributed by atoms with Gasteiger partial charge in [0, 0.05) is 20.2 Å². The van der Waals surface area contributed by atoms with Crippen LogP contribution in [0.25, 0.3) is 0 Å². The zero-order valence-electron chi connectivity index (χ0n) is 10.9. The van der Waals surface area contributed by atoms with Crippen molar-refractivity contribution < 1.29 is 22.7 Å². The summed E-state index contributed by atoms with van der Waals surface area (Å²) >= 11 is 0. The van der Waals surface area contributed by atoms with Gasteiger partial charge in [0.15, 0.2) is 0 Å². The third-order valence-electron chi connectivity index (χ3n) is 2.95. The standard InChI is InChI=1S/C10H20N2O5S/c1-8-9(5-7-17-8)11-18(14,15)12(2)6-4-10(13)16-3/h8-9,11H,4-7H2,1-3H3. The molecule has 0 aliphatic carbocycles. The van der Waals surface area contributed by atoms with E-state index in [1.165, 1.54) is 14.2 Å². The van der Waals surface area contributed by atoms with Gasteiger partial charge in [0.1, 0.15) is 0 Å². The van der Waals surface area contributed by atoms with Crippen molar-refractivity contribution in [3.05, 3.63) is 0 Å². The third kappa shape index (κ3) is 4.20. The van der Waals surface area contributed by atoms with E-state index in [9.17, 15) is 13.2 Å². The summed E-state index contributed by atoms with van der Waals surface area (Å²) in [5.41, 5.74) is 0. The first-order chi connectivity index (χ1) is 8.36. The van der Waals surface area contributed by atoms with E-state index >= 15 is 0 Å². The highest BCUT2D eigenvalue weighted by atomic mass is 32.2. The van der Waals surface area contributed by atoms with Crippen molar-refractivity contribution in [2.75, 3.05) is 27.3 Å². The summed E-state index contributed by atoms with van der Waals surface area (Å²) in [6.07, 6.45) is 0.560. The van der Waals surface area contributed by atoms with Crippen LogP contribution >= 0.6 is 0 Å². The highest BCUT2D eigenvalue weighted by Gasteiger charge is 2.30. The molecular formula is C10H20N2O5S. The molecule has 0 aromatic rings. The first-order valence-corrected chi connectivity index (χ1v) is 7.23. The molecule has 0 bridgehead atoms. The fourth-order valence-corrected chi connectivity index (χ4v) is 2.84. The van der Waals surface area contributed by atoms with Crippen LogP contribution < -0.4 is 4.72 Å². The maximum absolute atomic E-state index is 11.9. The lowest BCUT2D eigenvalue weighted by atomic mass is 10.2. The minimum Gasteiger partial charge on any atom is -0.469 e. The SMILES string of the molecule is COC(=O)CCN(C)S(=O)(=O)NC1CCOC1C. The lowest BCUT2D eigenvalue weighted by molar-refractivity contribution is -0.140. The van der Waals surface area contributed by atoms with Crippen molar-refractivity contribution in [2.45, 2.75) is 31.9 Å². The number of hydrogen-bond donors (Lipinski definition) is 1. The van der Waals surface area contributed by atoms with Gasteiger partial charge in [-0.05, 0) is 13.3 Å². The molecule has 7 nitrogen and oxygen atoms in total. The zero-order chi connectivity index (χ0) is 13.8. The number of rotatable bonds is 6. The van der Waals surface area contributed by atoms with Crippen molar-refractivity contribution in [3.63, 3.8) is 0 Å². The summed E-state index contributed by atoms with van der Waals surface area (Å²) in [6.45, 7) is 2.47. The van der Waals surface area contributed by atoms with Crippen molar-refractivity contribution in [2.24, 2.45) is 0 Å². The van der Waals surface area contributed by atoms with E-state index in [4.69, 9.17) is 4.74 Å². The van der Waals surface area contributed by atoms with Gasteiger partial charge in [-0.15, -0.1) is 0 Å². The molecule has 1 saturated heterocycles. The Morgan fingerprint density at radius 1 is 1.56 bits per heavy atom. The number of methoxy groups -OCH3 is 1. The maximum Gasteiger partial charge on any atom is 0.306 e. The van der Waals surface area contributed by atoms with Gasteiger partial charge in [0.25, 0.3) is 10.2 Å². The normalized spacial score (nSPS) is 24.4. The molecule has 0 aromatic carbocycles. The number of carbonyl (C=O) groups is 1. The number of ether oxygens (including phenoxy) is 2. The molecule has 1 heterocycles. The van der Waals surface area contributed by atoms with E-state index in [0.29, 0.717) is 13.0 Å². The highest BCUT2D eigenvalue weighted by molar-refractivity contribution is 7.87. The Labute approximate surface area is 108 Å². The van der Waals surface area contributed by atoms with E-state index in [1.54, 1.807) is 0 Å². The molecule has 8 heteroatoms. The number of hydrogen-bond acceptors (Lipinski definition) is 5. The molecular weight excluding hydrogens is 260 g/mol. The molecule has 18 heavy (non-hydrogen) atoms. The minimum atomic E-state index is -3.58. The topological polar surface area (TPSA) is 84.9 Å². The summed E-state index contributed by atoms with van der Waals surface area (Å²) in [4.78, 5) is 11.0. The van der Waals surface area contributed by atoms with Crippen molar-refractivity contribution in [1.82, 2.24) is 9.03 Å². The molecule has 1 aliphatic rings. The number of esters is 1. The molecule has 0 aromatic heterocycles. The van der Waals surface area contributed by atoms with Crippen LogP contribution in [0.5, 0.6) is 0 Å². The first kappa shape index (κ1) is 15.4. The largest absolute Gasteiger partial charge is 0.469 e. The highest BCUT2D eigenvalue weighted by Crippen LogP contribution is 2.14. The molecule has 2 unspecified atom stereocenters. The van der Waals surface area contributed by atoms with Crippen LogP contribution in [-0.2, 0) is 24.5 Å². The maximum atomic E-state index is 11.9. The Bertz CT molecular complexity index is 384. The number of carbonyl (C=O) groups excluding carboxylic acids is 1. The van der Waals surface area contributed by atoms with Crippen LogP contribution in [-0.4, -0.2) is 58.1 Å². The summed E-state index contributed by atoms with van der Waals surface area (Å²) in [7, 11) is -0.892. The second-order valence-electron chi connectivity index (χ2n) is 4.24. The predicted molar refractivity (Wildman–Crippen MR) is 65.1 cm³/mol. The van der Waals surface area contributed by atoms with E-state index in [2.05, 4.69) is 9.46 Å². The number of nitrogens with one attached hydrogen (secondary N) is 1. The molecule has 0 saturated carbocycles. The Balaban J connectivity index is 2.49. The van der Waals surface area contributed by atoms with Crippen LogP contribution in [0, 0.1) is 0 Å². The lowest BCUT2D eigenvalue weighted by Crippen LogP contribution is -2.46. The van der Waals surface area contributed by atoms with Gasteiger partial charge in [-0.3, -0.25) is 4.79 Å². The summed E-state index contributed by atoms with van der Waals surface area (Å²) in [6, 6.07) is -0.212. The summed E-state index contributed by atoms with van der Waals surface area (Å²) < 4.78 is 37.3. The Kier molecular flexibility index (Phi) is 5.51. The third-order valence-corrected chi connectivity index (χ3v) is 4.55. The van der Waals surface area contributed by atoms with Crippen LogP contribution in [0.2, 0.25) is 0 Å². The molecule has 106 valence electrons. The number of nitrogens with zero attached hydrogens (tertiary/aromatic N) is 1. The molecule has 0 radical (unpaired) electrons. The van der Waals surface area contributed by atoms with Crippen LogP contribution in [0.4, 0.5) is 0 Å². The summed E-state index contributed by atoms with van der Waals surface area (Å²) in [5.74, 6) is -0.436. The van der Waals surface area contributed by atoms with E-state index in [0.717, 1.165) is 4.31 Å². The van der Waals surface area contributed by atoms with Gasteiger partial charge in [0.2, 0.25) is 0 Å². The molecule has 2 atom stereocenters. The smallest absolute Gasteiger partial charge is 0.306 e. The zero-order valence-corrected chi connectivity index (χ0v) is 11.7. The monoisotopic (exact) mass is 280 g/mol. The first-order valence-electron chi connectivity index (χ1n) is 5.79. The van der Waals surface area contributed by atoms with E-state index in [1.807, 2.05) is 6.92 Å². The average Bonchev–Trinajstić information content (AvgIpc) is 2.70.